The van der Waals surface area contributed by atoms with Crippen LogP contribution in [0.2, 0.25) is 0 Å². The second-order valence-corrected chi connectivity index (χ2v) is 7.97. The van der Waals surface area contributed by atoms with E-state index in [4.69, 9.17) is 10.7 Å². The van der Waals surface area contributed by atoms with Crippen molar-refractivity contribution < 1.29 is 17.7 Å². The van der Waals surface area contributed by atoms with Crippen LogP contribution in [0.3, 0.4) is 0 Å². The molecule has 0 bridgehead atoms. The molecule has 0 heterocycles. The van der Waals surface area contributed by atoms with Gasteiger partial charge in [0.05, 0.1) is 26.1 Å². The Morgan fingerprint density at radius 2 is 2.11 bits per heavy atom. The van der Waals surface area contributed by atoms with Gasteiger partial charge in [0.15, 0.2) is 0 Å². The third-order valence-electron chi connectivity index (χ3n) is 1.78. The first-order valence-corrected chi connectivity index (χ1v) is 8.65. The number of halogens is 3. The molecule has 1 aromatic carbocycles. The van der Waals surface area contributed by atoms with Crippen molar-refractivity contribution in [2.75, 3.05) is 11.5 Å². The van der Waals surface area contributed by atoms with E-state index in [1.165, 1.54) is 6.07 Å². The van der Waals surface area contributed by atoms with E-state index in [-0.39, 0.29) is 20.9 Å². The van der Waals surface area contributed by atoms with Crippen LogP contribution in [0.1, 0.15) is 0 Å². The molecule has 0 atom stereocenters. The Balaban J connectivity index is 2.94. The molecule has 1 rings (SSSR count). The molecule has 10 heteroatoms. The van der Waals surface area contributed by atoms with Gasteiger partial charge in [-0.05, 0) is 22.0 Å². The number of nitro groups is 1. The number of nitrogens with zero attached hydrogens (tertiary/aromatic N) is 1. The summed E-state index contributed by atoms with van der Waals surface area (Å²) in [5, 5.41) is 10.7. The number of benzene rings is 1. The highest BCUT2D eigenvalue weighted by molar-refractivity contribution is 9.10. The molecule has 18 heavy (non-hydrogen) atoms. The fraction of sp³-hybridized carbons (Fsp3) is 0.250. The topological polar surface area (TPSA) is 77.3 Å². The molecule has 1 aromatic rings. The Hall–Kier alpha value is -0.380. The highest BCUT2D eigenvalue weighted by atomic mass is 79.9. The fourth-order valence-electron chi connectivity index (χ4n) is 1.03. The average Bonchev–Trinajstić information content (AvgIpc) is 2.20. The monoisotopic (exact) mass is 377 g/mol. The van der Waals surface area contributed by atoms with E-state index in [0.29, 0.717) is 0 Å². The van der Waals surface area contributed by atoms with Crippen molar-refractivity contribution in [3.8, 4) is 0 Å². The number of hydrogen-bond donors (Lipinski definition) is 0. The van der Waals surface area contributed by atoms with Crippen LogP contribution in [0.5, 0.6) is 0 Å². The minimum Gasteiger partial charge on any atom is -0.258 e. The maximum Gasteiger partial charge on any atom is 0.285 e. The summed E-state index contributed by atoms with van der Waals surface area (Å²) in [6.07, 6.45) is 0. The van der Waals surface area contributed by atoms with Gasteiger partial charge >= 0.3 is 0 Å². The van der Waals surface area contributed by atoms with E-state index >= 15 is 0 Å². The van der Waals surface area contributed by atoms with Crippen molar-refractivity contribution in [2.24, 2.45) is 0 Å². The highest BCUT2D eigenvalue weighted by Gasteiger charge is 2.18. The van der Waals surface area contributed by atoms with Gasteiger partial charge in [-0.3, -0.25) is 10.1 Å². The van der Waals surface area contributed by atoms with Gasteiger partial charge in [0, 0.05) is 16.4 Å². The zero-order chi connectivity index (χ0) is 13.9. The van der Waals surface area contributed by atoms with Crippen molar-refractivity contribution >= 4 is 53.1 Å². The predicted octanol–water partition coefficient (Wildman–Crippen LogP) is 3.16. The molecule has 0 saturated carbocycles. The molecule has 0 spiro atoms. The Morgan fingerprint density at radius 1 is 1.50 bits per heavy atom. The summed E-state index contributed by atoms with van der Waals surface area (Å²) in [7, 11) is 1.36. The van der Waals surface area contributed by atoms with Gasteiger partial charge in [-0.25, -0.2) is 12.8 Å². The summed E-state index contributed by atoms with van der Waals surface area (Å²) in [6.45, 7) is 0. The largest absolute Gasteiger partial charge is 0.285 e. The zero-order valence-electron chi connectivity index (χ0n) is 8.60. The van der Waals surface area contributed by atoms with Crippen molar-refractivity contribution in [1.29, 1.82) is 0 Å². The van der Waals surface area contributed by atoms with Gasteiger partial charge < -0.3 is 0 Å². The molecule has 5 nitrogen and oxygen atoms in total. The van der Waals surface area contributed by atoms with E-state index in [9.17, 15) is 22.9 Å². The molecule has 0 unspecified atom stereocenters. The molecule has 0 aliphatic rings. The number of nitro benzene ring substituents is 1. The minimum atomic E-state index is -3.65. The molecule has 0 saturated heterocycles. The smallest absolute Gasteiger partial charge is 0.258 e. The number of rotatable bonds is 5. The minimum absolute atomic E-state index is 0.0464. The Kier molecular flexibility index (Phi) is 5.38. The molecule has 100 valence electrons. The maximum atomic E-state index is 13.2. The zero-order valence-corrected chi connectivity index (χ0v) is 12.6. The standard InChI is InChI=1S/C8H6BrClFNO4S2/c9-5-3-8(17-1-2-18(10,15)16)7(12(13)14)4-6(5)11/h3-4H,1-2H2. The van der Waals surface area contributed by atoms with Crippen LogP contribution in [-0.2, 0) is 9.05 Å². The van der Waals surface area contributed by atoms with Crippen LogP contribution in [-0.4, -0.2) is 24.8 Å². The summed E-state index contributed by atoms with van der Waals surface area (Å²) in [6, 6.07) is 2.01. The molecular formula is C8H6BrClFNO4S2. The second-order valence-electron chi connectivity index (χ2n) is 3.08. The molecular weight excluding hydrogens is 373 g/mol. The number of thioether (sulfide) groups is 1. The van der Waals surface area contributed by atoms with Gasteiger partial charge in [-0.15, -0.1) is 11.8 Å². The lowest BCUT2D eigenvalue weighted by Crippen LogP contribution is -2.00. The lowest BCUT2D eigenvalue weighted by atomic mass is 10.3. The van der Waals surface area contributed by atoms with E-state index in [0.717, 1.165) is 17.8 Å². The lowest BCUT2D eigenvalue weighted by Gasteiger charge is -2.03. The first-order chi connectivity index (χ1) is 8.20. The first-order valence-electron chi connectivity index (χ1n) is 4.39. The van der Waals surface area contributed by atoms with E-state index < -0.39 is 25.5 Å². The normalized spacial score (nSPS) is 11.5. The number of hydrogen-bond acceptors (Lipinski definition) is 5. The summed E-state index contributed by atoms with van der Waals surface area (Å²) in [5.41, 5.74) is -0.410. The van der Waals surface area contributed by atoms with Crippen molar-refractivity contribution in [2.45, 2.75) is 4.90 Å². The first kappa shape index (κ1) is 15.7. The summed E-state index contributed by atoms with van der Waals surface area (Å²) >= 11 is 3.83. The van der Waals surface area contributed by atoms with Crippen LogP contribution >= 0.6 is 38.4 Å². The molecule has 0 aliphatic carbocycles. The van der Waals surface area contributed by atoms with Gasteiger partial charge in [0.25, 0.3) is 5.69 Å². The summed E-state index contributed by atoms with van der Waals surface area (Å²) < 4.78 is 34.6. The van der Waals surface area contributed by atoms with Gasteiger partial charge in [0.2, 0.25) is 9.05 Å². The molecule has 0 aromatic heterocycles. The van der Waals surface area contributed by atoms with E-state index in [1.54, 1.807) is 0 Å². The Bertz CT molecular complexity index is 581. The molecule has 0 amide bonds. The highest BCUT2D eigenvalue weighted by Crippen LogP contribution is 2.33. The maximum absolute atomic E-state index is 13.2. The third-order valence-corrected chi connectivity index (χ3v) is 4.85. The van der Waals surface area contributed by atoms with Gasteiger partial charge in [-0.2, -0.15) is 0 Å². The van der Waals surface area contributed by atoms with E-state index in [1.807, 2.05) is 0 Å². The van der Waals surface area contributed by atoms with Crippen LogP contribution in [0.15, 0.2) is 21.5 Å². The lowest BCUT2D eigenvalue weighted by molar-refractivity contribution is -0.387. The van der Waals surface area contributed by atoms with Crippen LogP contribution in [0.4, 0.5) is 10.1 Å². The van der Waals surface area contributed by atoms with Gasteiger partial charge in [0.1, 0.15) is 5.82 Å². The van der Waals surface area contributed by atoms with Gasteiger partial charge in [-0.1, -0.05) is 0 Å². The molecule has 0 fully saturated rings. The second kappa shape index (κ2) is 6.18. The Morgan fingerprint density at radius 3 is 2.61 bits per heavy atom. The summed E-state index contributed by atoms with van der Waals surface area (Å²) in [4.78, 5) is 10.2. The Labute approximate surface area is 119 Å². The predicted molar refractivity (Wildman–Crippen MR) is 71.1 cm³/mol. The van der Waals surface area contributed by atoms with Crippen molar-refractivity contribution in [3.63, 3.8) is 0 Å². The van der Waals surface area contributed by atoms with Crippen molar-refractivity contribution in [3.05, 3.63) is 32.5 Å². The third kappa shape index (κ3) is 4.71. The van der Waals surface area contributed by atoms with E-state index in [2.05, 4.69) is 15.9 Å². The summed E-state index contributed by atoms with van der Waals surface area (Å²) in [5.74, 6) is -1.04. The average molecular weight is 379 g/mol. The van der Waals surface area contributed by atoms with Crippen LogP contribution in [0, 0.1) is 15.9 Å². The quantitative estimate of drug-likeness (QED) is 0.340. The van der Waals surface area contributed by atoms with Crippen LogP contribution in [0.25, 0.3) is 0 Å². The fourth-order valence-corrected chi connectivity index (χ4v) is 3.92. The van der Waals surface area contributed by atoms with Crippen LogP contribution < -0.4 is 0 Å². The molecule has 0 radical (unpaired) electrons. The molecule has 0 aliphatic heterocycles. The molecule has 0 N–H and O–H groups in total. The van der Waals surface area contributed by atoms with Crippen molar-refractivity contribution in [1.82, 2.24) is 0 Å². The SMILES string of the molecule is O=[N+]([O-])c1cc(F)c(Br)cc1SCCS(=O)(=O)Cl.